The Labute approximate surface area is 203 Å². The molecule has 4 rings (SSSR count). The molecule has 33 heavy (non-hydrogen) atoms. The van der Waals surface area contributed by atoms with Crippen molar-refractivity contribution in [2.24, 2.45) is 0 Å². The van der Waals surface area contributed by atoms with Crippen LogP contribution in [0.4, 0.5) is 0 Å². The van der Waals surface area contributed by atoms with Crippen molar-refractivity contribution in [2.45, 2.75) is 69.2 Å². The molecule has 0 saturated heterocycles. The van der Waals surface area contributed by atoms with Gasteiger partial charge in [0.2, 0.25) is 0 Å². The Morgan fingerprint density at radius 2 is 0.879 bits per heavy atom. The first-order valence-electron chi connectivity index (χ1n) is 12.5. The van der Waals surface area contributed by atoms with E-state index in [0.29, 0.717) is 0 Å². The van der Waals surface area contributed by atoms with Crippen LogP contribution in [-0.4, -0.2) is 9.55 Å². The molecule has 0 saturated carbocycles. The van der Waals surface area contributed by atoms with Gasteiger partial charge in [-0.25, -0.2) is 4.98 Å². The molecule has 0 spiro atoms. The molecular formula is C31H44N2. The topological polar surface area (TPSA) is 17.8 Å². The number of imidazole rings is 1. The van der Waals surface area contributed by atoms with Crippen molar-refractivity contribution in [3.63, 3.8) is 0 Å². The van der Waals surface area contributed by atoms with Gasteiger partial charge in [0, 0.05) is 16.9 Å². The highest BCUT2D eigenvalue weighted by Gasteiger charge is 2.14. The Morgan fingerprint density at radius 3 is 1.33 bits per heavy atom. The number of aromatic nitrogens is 2. The Bertz CT molecular complexity index is 983. The van der Waals surface area contributed by atoms with E-state index in [-0.39, 0.29) is 0 Å². The van der Waals surface area contributed by atoms with Crippen LogP contribution in [0.15, 0.2) is 84.9 Å². The fourth-order valence-corrected chi connectivity index (χ4v) is 3.14. The fourth-order valence-electron chi connectivity index (χ4n) is 3.14. The van der Waals surface area contributed by atoms with Crippen LogP contribution in [0.1, 0.15) is 66.8 Å². The first-order valence-corrected chi connectivity index (χ1v) is 12.5. The molecule has 0 bridgehead atoms. The highest BCUT2D eigenvalue weighted by molar-refractivity contribution is 5.66. The third-order valence-electron chi connectivity index (χ3n) is 4.61. The average molecular weight is 445 g/mol. The van der Waals surface area contributed by atoms with Gasteiger partial charge in [-0.1, -0.05) is 128 Å². The van der Waals surface area contributed by atoms with E-state index >= 15 is 0 Å². The summed E-state index contributed by atoms with van der Waals surface area (Å²) in [5.74, 6) is 0.989. The van der Waals surface area contributed by atoms with Gasteiger partial charge in [0.05, 0.1) is 5.69 Å². The molecule has 0 aliphatic carbocycles. The Morgan fingerprint density at radius 1 is 0.485 bits per heavy atom. The number of benzene rings is 3. The lowest BCUT2D eigenvalue weighted by Gasteiger charge is -2.11. The Hall–Kier alpha value is -3.13. The first-order chi connectivity index (χ1) is 16.2. The van der Waals surface area contributed by atoms with E-state index in [1.807, 2.05) is 67.5 Å². The van der Waals surface area contributed by atoms with Gasteiger partial charge < -0.3 is 0 Å². The summed E-state index contributed by atoms with van der Waals surface area (Å²) >= 11 is 0. The van der Waals surface area contributed by atoms with E-state index in [1.54, 1.807) is 0 Å². The van der Waals surface area contributed by atoms with Crippen LogP contribution in [0.2, 0.25) is 0 Å². The van der Waals surface area contributed by atoms with Crippen LogP contribution in [0, 0.1) is 13.8 Å². The van der Waals surface area contributed by atoms with Crippen LogP contribution in [-0.2, 0) is 0 Å². The summed E-state index contributed by atoms with van der Waals surface area (Å²) in [6, 6.07) is 29.5. The number of hydrogen-bond donors (Lipinski definition) is 0. The van der Waals surface area contributed by atoms with Gasteiger partial charge in [-0.3, -0.25) is 4.57 Å². The standard InChI is InChI=1S/C23H20N2.4C2H6/c1-17-18(2)25(23(24-17)21-11-7-4-8-12-21)22-15-13-20(14-16-22)19-9-5-3-6-10-19;4*1-2/h3-16H,1-2H3;4*1-2H3. The van der Waals surface area contributed by atoms with Gasteiger partial charge in [0.25, 0.3) is 0 Å². The van der Waals surface area contributed by atoms with E-state index in [2.05, 4.69) is 91.2 Å². The first kappa shape index (κ1) is 29.9. The highest BCUT2D eigenvalue weighted by Crippen LogP contribution is 2.27. The van der Waals surface area contributed by atoms with Crippen molar-refractivity contribution in [3.05, 3.63) is 96.3 Å². The zero-order valence-corrected chi connectivity index (χ0v) is 22.5. The molecule has 178 valence electrons. The van der Waals surface area contributed by atoms with Gasteiger partial charge in [0.15, 0.2) is 0 Å². The summed E-state index contributed by atoms with van der Waals surface area (Å²) in [7, 11) is 0. The maximum atomic E-state index is 4.80. The van der Waals surface area contributed by atoms with Gasteiger partial charge in [-0.2, -0.15) is 0 Å². The smallest absolute Gasteiger partial charge is 0.145 e. The summed E-state index contributed by atoms with van der Waals surface area (Å²) in [6.45, 7) is 20.2. The minimum absolute atomic E-state index is 0.989. The van der Waals surface area contributed by atoms with Crippen molar-refractivity contribution in [1.29, 1.82) is 0 Å². The molecule has 1 heterocycles. The van der Waals surface area contributed by atoms with E-state index in [4.69, 9.17) is 4.98 Å². The molecule has 2 nitrogen and oxygen atoms in total. The largest absolute Gasteiger partial charge is 0.297 e. The molecule has 1 aromatic heterocycles. The van der Waals surface area contributed by atoms with Crippen molar-refractivity contribution in [2.75, 3.05) is 0 Å². The lowest BCUT2D eigenvalue weighted by molar-refractivity contribution is 1.01. The van der Waals surface area contributed by atoms with Crippen LogP contribution in [0.5, 0.6) is 0 Å². The maximum Gasteiger partial charge on any atom is 0.145 e. The van der Waals surface area contributed by atoms with Crippen LogP contribution in [0.25, 0.3) is 28.2 Å². The fraction of sp³-hybridized carbons (Fsp3) is 0.323. The molecule has 0 radical (unpaired) electrons. The quantitative estimate of drug-likeness (QED) is 0.307. The van der Waals surface area contributed by atoms with Gasteiger partial charge in [0.1, 0.15) is 5.82 Å². The van der Waals surface area contributed by atoms with Gasteiger partial charge in [-0.05, 0) is 37.1 Å². The third kappa shape index (κ3) is 8.05. The summed E-state index contributed by atoms with van der Waals surface area (Å²) in [5, 5.41) is 0. The minimum atomic E-state index is 0.989. The highest BCUT2D eigenvalue weighted by atomic mass is 15.1. The minimum Gasteiger partial charge on any atom is -0.297 e. The lowest BCUT2D eigenvalue weighted by Crippen LogP contribution is -1.99. The summed E-state index contributed by atoms with van der Waals surface area (Å²) in [5.41, 5.74) is 6.95. The van der Waals surface area contributed by atoms with Crippen molar-refractivity contribution in [1.82, 2.24) is 9.55 Å². The molecule has 0 amide bonds. The lowest BCUT2D eigenvalue weighted by atomic mass is 10.1. The SMILES string of the molecule is CC.CC.CC.CC.Cc1nc(-c2ccccc2)n(-c2ccc(-c3ccccc3)cc2)c1C. The Balaban J connectivity index is 0.00000116. The number of aryl methyl sites for hydroxylation is 1. The van der Waals surface area contributed by atoms with E-state index in [0.717, 1.165) is 22.8 Å². The second kappa shape index (κ2) is 17.4. The summed E-state index contributed by atoms with van der Waals surface area (Å²) < 4.78 is 2.24. The van der Waals surface area contributed by atoms with Crippen molar-refractivity contribution in [3.8, 4) is 28.2 Å². The van der Waals surface area contributed by atoms with E-state index < -0.39 is 0 Å². The molecule has 0 aliphatic rings. The monoisotopic (exact) mass is 444 g/mol. The van der Waals surface area contributed by atoms with Crippen LogP contribution in [0.3, 0.4) is 0 Å². The van der Waals surface area contributed by atoms with Crippen LogP contribution < -0.4 is 0 Å². The Kier molecular flexibility index (Phi) is 15.8. The summed E-state index contributed by atoms with van der Waals surface area (Å²) in [6.07, 6.45) is 0. The zero-order valence-electron chi connectivity index (χ0n) is 22.5. The molecule has 0 atom stereocenters. The number of nitrogens with zero attached hydrogens (tertiary/aromatic N) is 2. The van der Waals surface area contributed by atoms with Crippen molar-refractivity contribution < 1.29 is 0 Å². The molecule has 0 unspecified atom stereocenters. The molecule has 0 aliphatic heterocycles. The van der Waals surface area contributed by atoms with E-state index in [9.17, 15) is 0 Å². The summed E-state index contributed by atoms with van der Waals surface area (Å²) in [4.78, 5) is 4.80. The zero-order chi connectivity index (χ0) is 25.2. The third-order valence-corrected chi connectivity index (χ3v) is 4.61. The van der Waals surface area contributed by atoms with Crippen LogP contribution >= 0.6 is 0 Å². The second-order valence-corrected chi connectivity index (χ2v) is 6.22. The number of rotatable bonds is 3. The molecule has 3 aromatic carbocycles. The average Bonchev–Trinajstić information content (AvgIpc) is 3.24. The molecule has 2 heteroatoms. The molecule has 4 aromatic rings. The normalized spacial score (nSPS) is 8.91. The second-order valence-electron chi connectivity index (χ2n) is 6.22. The van der Waals surface area contributed by atoms with E-state index in [1.165, 1.54) is 16.8 Å². The molecule has 0 fully saturated rings. The van der Waals surface area contributed by atoms with Gasteiger partial charge >= 0.3 is 0 Å². The molecule has 0 N–H and O–H groups in total. The van der Waals surface area contributed by atoms with Gasteiger partial charge in [-0.15, -0.1) is 0 Å². The maximum absolute atomic E-state index is 4.80. The predicted octanol–water partition coefficient (Wildman–Crippen LogP) is 9.93. The number of hydrogen-bond acceptors (Lipinski definition) is 1. The van der Waals surface area contributed by atoms with Crippen molar-refractivity contribution >= 4 is 0 Å². The molecular weight excluding hydrogens is 400 g/mol. The predicted molar refractivity (Wildman–Crippen MR) is 149 cm³/mol.